The Morgan fingerprint density at radius 1 is 1.24 bits per heavy atom. The highest BCUT2D eigenvalue weighted by Gasteiger charge is 2.32. The number of aromatic amines is 1. The first kappa shape index (κ1) is 14.7. The van der Waals surface area contributed by atoms with Crippen molar-refractivity contribution < 1.29 is 4.74 Å². The third-order valence-corrected chi connectivity index (χ3v) is 5.06. The maximum absolute atomic E-state index is 12.5. The number of nitrogens with one attached hydrogen (secondary N) is 2. The average molecular weight is 337 g/mol. The van der Waals surface area contributed by atoms with Gasteiger partial charge in [0.2, 0.25) is 5.95 Å². The Balaban J connectivity index is 1.45. The summed E-state index contributed by atoms with van der Waals surface area (Å²) in [6.45, 7) is 0.997. The molecule has 0 bridgehead atoms. The number of rotatable bonds is 3. The van der Waals surface area contributed by atoms with Crippen LogP contribution in [-0.4, -0.2) is 39.0 Å². The first-order chi connectivity index (χ1) is 12.3. The lowest BCUT2D eigenvalue weighted by atomic mass is 10.1. The fourth-order valence-electron chi connectivity index (χ4n) is 3.77. The lowest BCUT2D eigenvalue weighted by Gasteiger charge is -2.20. The molecule has 2 aliphatic rings. The molecule has 0 radical (unpaired) electrons. The summed E-state index contributed by atoms with van der Waals surface area (Å²) in [6, 6.07) is 9.44. The van der Waals surface area contributed by atoms with Gasteiger partial charge in [0.15, 0.2) is 0 Å². The van der Waals surface area contributed by atoms with E-state index in [-0.39, 0.29) is 17.6 Å². The second kappa shape index (κ2) is 5.70. The number of aryl methyl sites for hydroxylation is 2. The van der Waals surface area contributed by atoms with Gasteiger partial charge in [0.05, 0.1) is 36.0 Å². The molecule has 7 nitrogen and oxygen atoms in total. The third-order valence-electron chi connectivity index (χ3n) is 5.06. The Labute approximate surface area is 144 Å². The van der Waals surface area contributed by atoms with Crippen LogP contribution in [0.3, 0.4) is 0 Å². The molecule has 1 aliphatic carbocycles. The Hall–Kier alpha value is -2.67. The molecule has 0 amide bonds. The number of benzene rings is 1. The van der Waals surface area contributed by atoms with Crippen LogP contribution in [0.25, 0.3) is 11.0 Å². The molecular formula is C18H19N5O2. The number of anilines is 1. The Morgan fingerprint density at radius 2 is 2.16 bits per heavy atom. The van der Waals surface area contributed by atoms with E-state index in [1.54, 1.807) is 10.7 Å². The number of ether oxygens (including phenoxy) is 1. The van der Waals surface area contributed by atoms with E-state index in [1.807, 2.05) is 24.3 Å². The standard InChI is InChI=1S/C18H19N5O2/c24-17-8-11-4-3-7-12(11)22-23(17)16-10-25-9-15(16)21-18-19-13-5-1-2-6-14(13)20-18/h1-2,5-6,8,15-16H,3-4,7,9-10H2,(H2,19,20,21). The first-order valence-electron chi connectivity index (χ1n) is 8.68. The summed E-state index contributed by atoms with van der Waals surface area (Å²) < 4.78 is 7.24. The molecule has 2 N–H and O–H groups in total. The van der Waals surface area contributed by atoms with Crippen molar-refractivity contribution in [1.82, 2.24) is 19.7 Å². The SMILES string of the molecule is O=c1cc2c(nn1C1COCC1Nc1nc3ccccc3[nH]1)CCC2. The van der Waals surface area contributed by atoms with Crippen LogP contribution in [0.5, 0.6) is 0 Å². The van der Waals surface area contributed by atoms with E-state index >= 15 is 0 Å². The van der Waals surface area contributed by atoms with Crippen molar-refractivity contribution in [2.45, 2.75) is 31.3 Å². The number of hydrogen-bond acceptors (Lipinski definition) is 5. The Kier molecular flexibility index (Phi) is 3.34. The highest BCUT2D eigenvalue weighted by Crippen LogP contribution is 2.24. The number of para-hydroxylation sites is 2. The number of imidazole rings is 1. The molecule has 0 spiro atoms. The molecule has 128 valence electrons. The fourth-order valence-corrected chi connectivity index (χ4v) is 3.77. The van der Waals surface area contributed by atoms with Crippen molar-refractivity contribution in [3.63, 3.8) is 0 Å². The molecule has 1 aromatic carbocycles. The van der Waals surface area contributed by atoms with Crippen molar-refractivity contribution in [1.29, 1.82) is 0 Å². The topological polar surface area (TPSA) is 84.8 Å². The molecule has 2 aromatic heterocycles. The quantitative estimate of drug-likeness (QED) is 0.759. The zero-order valence-corrected chi connectivity index (χ0v) is 13.7. The minimum atomic E-state index is -0.133. The molecule has 3 aromatic rings. The molecule has 25 heavy (non-hydrogen) atoms. The van der Waals surface area contributed by atoms with E-state index in [9.17, 15) is 4.79 Å². The van der Waals surface area contributed by atoms with Crippen LogP contribution >= 0.6 is 0 Å². The summed E-state index contributed by atoms with van der Waals surface area (Å²) in [6.07, 6.45) is 2.98. The van der Waals surface area contributed by atoms with Crippen LogP contribution in [-0.2, 0) is 17.6 Å². The van der Waals surface area contributed by atoms with Gasteiger partial charge in [0.25, 0.3) is 5.56 Å². The zero-order valence-electron chi connectivity index (χ0n) is 13.7. The maximum atomic E-state index is 12.5. The molecule has 2 unspecified atom stereocenters. The van der Waals surface area contributed by atoms with E-state index in [1.165, 1.54) is 0 Å². The average Bonchev–Trinajstić information content (AvgIpc) is 3.32. The number of hydrogen-bond donors (Lipinski definition) is 2. The van der Waals surface area contributed by atoms with Crippen LogP contribution in [0.2, 0.25) is 0 Å². The number of H-pyrrole nitrogens is 1. The predicted molar refractivity (Wildman–Crippen MR) is 93.9 cm³/mol. The third kappa shape index (κ3) is 2.51. The Morgan fingerprint density at radius 3 is 3.08 bits per heavy atom. The monoisotopic (exact) mass is 337 g/mol. The normalized spacial score (nSPS) is 22.4. The van der Waals surface area contributed by atoms with Gasteiger partial charge in [-0.15, -0.1) is 0 Å². The number of aromatic nitrogens is 4. The molecule has 2 atom stereocenters. The van der Waals surface area contributed by atoms with Crippen molar-refractivity contribution >= 4 is 17.0 Å². The Bertz CT molecular complexity index is 960. The van der Waals surface area contributed by atoms with Gasteiger partial charge in [-0.1, -0.05) is 12.1 Å². The molecule has 1 fully saturated rings. The zero-order chi connectivity index (χ0) is 16.8. The highest BCUT2D eigenvalue weighted by atomic mass is 16.5. The van der Waals surface area contributed by atoms with Crippen LogP contribution in [0, 0.1) is 0 Å². The molecule has 0 saturated carbocycles. The second-order valence-electron chi connectivity index (χ2n) is 6.71. The van der Waals surface area contributed by atoms with E-state index in [2.05, 4.69) is 20.4 Å². The maximum Gasteiger partial charge on any atom is 0.267 e. The van der Waals surface area contributed by atoms with Crippen LogP contribution in [0.15, 0.2) is 35.1 Å². The van der Waals surface area contributed by atoms with Gasteiger partial charge >= 0.3 is 0 Å². The van der Waals surface area contributed by atoms with Gasteiger partial charge in [0, 0.05) is 6.07 Å². The van der Waals surface area contributed by atoms with Gasteiger partial charge < -0.3 is 15.0 Å². The summed E-state index contributed by atoms with van der Waals surface area (Å²) >= 11 is 0. The first-order valence-corrected chi connectivity index (χ1v) is 8.68. The number of nitrogens with zero attached hydrogens (tertiary/aromatic N) is 3. The minimum absolute atomic E-state index is 0.0486. The van der Waals surface area contributed by atoms with Gasteiger partial charge in [-0.3, -0.25) is 4.79 Å². The van der Waals surface area contributed by atoms with Crippen molar-refractivity contribution in [2.75, 3.05) is 18.5 Å². The van der Waals surface area contributed by atoms with Crippen molar-refractivity contribution in [3.05, 3.63) is 51.9 Å². The molecule has 1 aliphatic heterocycles. The molecular weight excluding hydrogens is 318 g/mol. The van der Waals surface area contributed by atoms with E-state index < -0.39 is 0 Å². The summed E-state index contributed by atoms with van der Waals surface area (Å²) in [4.78, 5) is 20.3. The smallest absolute Gasteiger partial charge is 0.267 e. The minimum Gasteiger partial charge on any atom is -0.377 e. The van der Waals surface area contributed by atoms with E-state index in [0.29, 0.717) is 19.2 Å². The molecule has 1 saturated heterocycles. The van der Waals surface area contributed by atoms with Crippen LogP contribution < -0.4 is 10.9 Å². The van der Waals surface area contributed by atoms with Gasteiger partial charge in [-0.2, -0.15) is 5.10 Å². The number of fused-ring (bicyclic) bond motifs is 2. The lowest BCUT2D eigenvalue weighted by Crippen LogP contribution is -2.38. The summed E-state index contributed by atoms with van der Waals surface area (Å²) in [5, 5.41) is 8.01. The highest BCUT2D eigenvalue weighted by molar-refractivity contribution is 5.77. The van der Waals surface area contributed by atoms with Crippen LogP contribution in [0.4, 0.5) is 5.95 Å². The second-order valence-corrected chi connectivity index (χ2v) is 6.71. The summed E-state index contributed by atoms with van der Waals surface area (Å²) in [5.41, 5.74) is 3.99. The lowest BCUT2D eigenvalue weighted by molar-refractivity contribution is 0.182. The summed E-state index contributed by atoms with van der Waals surface area (Å²) in [5.74, 6) is 0.691. The van der Waals surface area contributed by atoms with E-state index in [0.717, 1.165) is 41.6 Å². The largest absolute Gasteiger partial charge is 0.377 e. The fraction of sp³-hybridized carbons (Fsp3) is 0.389. The van der Waals surface area contributed by atoms with Crippen LogP contribution in [0.1, 0.15) is 23.7 Å². The molecule has 7 heteroatoms. The van der Waals surface area contributed by atoms with Crippen molar-refractivity contribution in [2.24, 2.45) is 0 Å². The van der Waals surface area contributed by atoms with E-state index in [4.69, 9.17) is 4.74 Å². The van der Waals surface area contributed by atoms with Gasteiger partial charge in [-0.25, -0.2) is 9.67 Å². The van der Waals surface area contributed by atoms with Gasteiger partial charge in [-0.05, 0) is 37.0 Å². The predicted octanol–water partition coefficient (Wildman–Crippen LogP) is 1.66. The molecule has 5 rings (SSSR count). The summed E-state index contributed by atoms with van der Waals surface area (Å²) in [7, 11) is 0. The molecule has 3 heterocycles. The van der Waals surface area contributed by atoms with Gasteiger partial charge in [0.1, 0.15) is 6.04 Å². The van der Waals surface area contributed by atoms with Crippen molar-refractivity contribution in [3.8, 4) is 0 Å².